The molecule has 136 valence electrons. The molecule has 0 radical (unpaired) electrons. The van der Waals surface area contributed by atoms with Crippen LogP contribution in [0.1, 0.15) is 35.4 Å². The fourth-order valence-corrected chi connectivity index (χ4v) is 5.18. The van der Waals surface area contributed by atoms with Gasteiger partial charge in [-0.15, -0.1) is 6.42 Å². The molecule has 0 spiro atoms. The highest BCUT2D eigenvalue weighted by Gasteiger charge is 2.32. The lowest BCUT2D eigenvalue weighted by Crippen LogP contribution is -2.37. The highest BCUT2D eigenvalue weighted by Crippen LogP contribution is 2.30. The minimum atomic E-state index is -3.54. The Morgan fingerprint density at radius 3 is 2.27 bits per heavy atom. The van der Waals surface area contributed by atoms with Crippen molar-refractivity contribution in [2.75, 3.05) is 13.1 Å². The van der Waals surface area contributed by atoms with Crippen LogP contribution in [0.5, 0.6) is 0 Å². The molecule has 1 aromatic heterocycles. The summed E-state index contributed by atoms with van der Waals surface area (Å²) in [6, 6.07) is 8.13. The van der Waals surface area contributed by atoms with Crippen LogP contribution in [-0.2, 0) is 10.0 Å². The average Bonchev–Trinajstić information content (AvgIpc) is 2.97. The van der Waals surface area contributed by atoms with E-state index in [-0.39, 0.29) is 0 Å². The summed E-state index contributed by atoms with van der Waals surface area (Å²) in [5.74, 6) is 2.80. The van der Waals surface area contributed by atoms with Gasteiger partial charge in [0.1, 0.15) is 4.90 Å². The molecule has 2 aromatic rings. The van der Waals surface area contributed by atoms with Gasteiger partial charge in [0.05, 0.1) is 11.4 Å². The molecule has 0 amide bonds. The molecule has 1 fully saturated rings. The molecular formula is C20H23N3O2S. The van der Waals surface area contributed by atoms with Gasteiger partial charge in [0, 0.05) is 18.7 Å². The second kappa shape index (κ2) is 7.10. The Labute approximate surface area is 155 Å². The number of aromatic nitrogens is 2. The summed E-state index contributed by atoms with van der Waals surface area (Å²) in [7, 11) is -3.54. The molecule has 2 heterocycles. The first-order valence-corrected chi connectivity index (χ1v) is 10.1. The number of terminal acetylenes is 1. The molecule has 1 N–H and O–H groups in total. The third-order valence-electron chi connectivity index (χ3n) is 4.82. The largest absolute Gasteiger partial charge is 0.281 e. The van der Waals surface area contributed by atoms with E-state index in [9.17, 15) is 8.42 Å². The quantitative estimate of drug-likeness (QED) is 0.845. The Kier molecular flexibility index (Phi) is 5.03. The molecule has 6 heteroatoms. The van der Waals surface area contributed by atoms with Crippen LogP contribution >= 0.6 is 0 Å². The lowest BCUT2D eigenvalue weighted by atomic mass is 9.94. The summed E-state index contributed by atoms with van der Waals surface area (Å²) in [6.07, 6.45) is 7.04. The number of H-pyrrole nitrogens is 1. The number of allylic oxidation sites excluding steroid dienone is 1. The predicted octanol–water partition coefficient (Wildman–Crippen LogP) is 3.21. The molecular weight excluding hydrogens is 346 g/mol. The van der Waals surface area contributed by atoms with E-state index in [1.54, 1.807) is 13.8 Å². The van der Waals surface area contributed by atoms with Crippen molar-refractivity contribution in [3.05, 3.63) is 52.4 Å². The van der Waals surface area contributed by atoms with Gasteiger partial charge in [0.15, 0.2) is 0 Å². The van der Waals surface area contributed by atoms with Crippen LogP contribution in [-0.4, -0.2) is 36.0 Å². The van der Waals surface area contributed by atoms with Gasteiger partial charge in [-0.2, -0.15) is 9.40 Å². The van der Waals surface area contributed by atoms with Crippen LogP contribution in [0.2, 0.25) is 0 Å². The summed E-state index contributed by atoms with van der Waals surface area (Å²) >= 11 is 0. The average molecular weight is 369 g/mol. The highest BCUT2D eigenvalue weighted by molar-refractivity contribution is 7.89. The maximum atomic E-state index is 13.0. The number of sulfonamides is 1. The topological polar surface area (TPSA) is 66.1 Å². The van der Waals surface area contributed by atoms with E-state index in [2.05, 4.69) is 16.1 Å². The maximum absolute atomic E-state index is 13.0. The maximum Gasteiger partial charge on any atom is 0.246 e. The van der Waals surface area contributed by atoms with Crippen LogP contribution < -0.4 is 0 Å². The normalized spacial score (nSPS) is 15.7. The lowest BCUT2D eigenvalue weighted by Gasteiger charge is -2.28. The lowest BCUT2D eigenvalue weighted by molar-refractivity contribution is 0.387. The van der Waals surface area contributed by atoms with Crippen molar-refractivity contribution < 1.29 is 8.42 Å². The van der Waals surface area contributed by atoms with Gasteiger partial charge in [0.25, 0.3) is 0 Å². The van der Waals surface area contributed by atoms with Gasteiger partial charge in [-0.25, -0.2) is 8.42 Å². The molecule has 1 aliphatic heterocycles. The molecule has 26 heavy (non-hydrogen) atoms. The SMILES string of the molecule is C#CC(=C1CCN(S(=O)(=O)c2c(C)n[nH]c2C)CC1)c1ccc(C)cc1. The van der Waals surface area contributed by atoms with Gasteiger partial charge in [0.2, 0.25) is 10.0 Å². The number of rotatable bonds is 3. The van der Waals surface area contributed by atoms with E-state index < -0.39 is 10.0 Å². The predicted molar refractivity (Wildman–Crippen MR) is 103 cm³/mol. The van der Waals surface area contributed by atoms with Crippen molar-refractivity contribution in [3.8, 4) is 12.3 Å². The van der Waals surface area contributed by atoms with Crippen molar-refractivity contribution >= 4 is 15.6 Å². The third-order valence-corrected chi connectivity index (χ3v) is 6.98. The number of benzene rings is 1. The first kappa shape index (κ1) is 18.4. The van der Waals surface area contributed by atoms with Crippen molar-refractivity contribution in [1.29, 1.82) is 0 Å². The van der Waals surface area contributed by atoms with E-state index in [4.69, 9.17) is 6.42 Å². The molecule has 3 rings (SSSR count). The minimum Gasteiger partial charge on any atom is -0.281 e. The van der Waals surface area contributed by atoms with E-state index >= 15 is 0 Å². The molecule has 1 saturated heterocycles. The van der Waals surface area contributed by atoms with Crippen molar-refractivity contribution in [3.63, 3.8) is 0 Å². The number of nitrogens with zero attached hydrogens (tertiary/aromatic N) is 2. The number of hydrogen-bond acceptors (Lipinski definition) is 3. The molecule has 0 bridgehead atoms. The first-order valence-electron chi connectivity index (χ1n) is 8.62. The second-order valence-corrected chi connectivity index (χ2v) is 8.53. The molecule has 0 unspecified atom stereocenters. The zero-order valence-electron chi connectivity index (χ0n) is 15.3. The smallest absolute Gasteiger partial charge is 0.246 e. The van der Waals surface area contributed by atoms with Gasteiger partial charge < -0.3 is 0 Å². The summed E-state index contributed by atoms with van der Waals surface area (Å²) < 4.78 is 27.4. The van der Waals surface area contributed by atoms with Crippen LogP contribution in [0.15, 0.2) is 34.7 Å². The fraction of sp³-hybridized carbons (Fsp3) is 0.350. The van der Waals surface area contributed by atoms with Crippen molar-refractivity contribution in [1.82, 2.24) is 14.5 Å². The summed E-state index contributed by atoms with van der Waals surface area (Å²) in [4.78, 5) is 0.292. The van der Waals surface area contributed by atoms with E-state index in [0.717, 1.165) is 16.7 Å². The number of piperidine rings is 1. The van der Waals surface area contributed by atoms with Crippen LogP contribution in [0.3, 0.4) is 0 Å². The zero-order chi connectivity index (χ0) is 18.9. The monoisotopic (exact) mass is 369 g/mol. The third kappa shape index (κ3) is 3.33. The molecule has 1 aromatic carbocycles. The number of aryl methyl sites for hydroxylation is 3. The molecule has 1 aliphatic rings. The van der Waals surface area contributed by atoms with Crippen LogP contribution in [0.25, 0.3) is 5.57 Å². The van der Waals surface area contributed by atoms with Crippen LogP contribution in [0.4, 0.5) is 0 Å². The van der Waals surface area contributed by atoms with Crippen LogP contribution in [0, 0.1) is 33.1 Å². The van der Waals surface area contributed by atoms with Gasteiger partial charge >= 0.3 is 0 Å². The number of nitrogens with one attached hydrogen (secondary N) is 1. The molecule has 5 nitrogen and oxygen atoms in total. The Morgan fingerprint density at radius 2 is 1.77 bits per heavy atom. The Morgan fingerprint density at radius 1 is 1.15 bits per heavy atom. The molecule has 0 atom stereocenters. The molecule has 0 aliphatic carbocycles. The Balaban J connectivity index is 1.84. The van der Waals surface area contributed by atoms with Crippen molar-refractivity contribution in [2.24, 2.45) is 0 Å². The molecule has 0 saturated carbocycles. The Hall–Kier alpha value is -2.36. The fourth-order valence-electron chi connectivity index (χ4n) is 3.41. The van der Waals surface area contributed by atoms with E-state index in [1.807, 2.05) is 31.2 Å². The van der Waals surface area contributed by atoms with E-state index in [0.29, 0.717) is 42.2 Å². The number of aromatic amines is 1. The van der Waals surface area contributed by atoms with Gasteiger partial charge in [-0.3, -0.25) is 5.10 Å². The summed E-state index contributed by atoms with van der Waals surface area (Å²) in [5, 5.41) is 6.77. The second-order valence-electron chi connectivity index (χ2n) is 6.66. The summed E-state index contributed by atoms with van der Waals surface area (Å²) in [5.41, 5.74) is 5.31. The van der Waals surface area contributed by atoms with Crippen molar-refractivity contribution in [2.45, 2.75) is 38.5 Å². The summed E-state index contributed by atoms with van der Waals surface area (Å²) in [6.45, 7) is 6.34. The Bertz CT molecular complexity index is 963. The zero-order valence-corrected chi connectivity index (χ0v) is 16.2. The van der Waals surface area contributed by atoms with Gasteiger partial charge in [-0.05, 0) is 39.2 Å². The standard InChI is InChI=1S/C20H23N3O2S/c1-5-19(17-8-6-14(2)7-9-17)18-10-12-23(13-11-18)26(24,25)20-15(3)21-22-16(20)4/h1,6-9H,10-13H2,2-4H3,(H,21,22). The highest BCUT2D eigenvalue weighted by atomic mass is 32.2. The van der Waals surface area contributed by atoms with Gasteiger partial charge in [-0.1, -0.05) is 41.3 Å². The minimum absolute atomic E-state index is 0.292. The first-order chi connectivity index (χ1) is 12.3. The van der Waals surface area contributed by atoms with E-state index in [1.165, 1.54) is 9.87 Å². The number of hydrogen-bond donors (Lipinski definition) is 1.